The number of nitrogens with one attached hydrogen (secondary N) is 2. The fourth-order valence-electron chi connectivity index (χ4n) is 1.86. The molecule has 0 aromatic heterocycles. The number of amides is 1. The highest BCUT2D eigenvalue weighted by Crippen LogP contribution is 2.30. The summed E-state index contributed by atoms with van der Waals surface area (Å²) < 4.78 is 18.2. The molecule has 1 atom stereocenters. The van der Waals surface area contributed by atoms with Crippen LogP contribution in [0.3, 0.4) is 0 Å². The van der Waals surface area contributed by atoms with Gasteiger partial charge in [-0.15, -0.1) is 0 Å². The number of hydrogen-bond acceptors (Lipinski definition) is 3. The van der Waals surface area contributed by atoms with E-state index in [0.717, 1.165) is 5.56 Å². The Hall–Kier alpha value is -1.46. The molecule has 1 aromatic carbocycles. The molecule has 2 rings (SSSR count). The molecule has 0 saturated heterocycles. The molecule has 1 aromatic rings. The minimum absolute atomic E-state index is 0.151. The van der Waals surface area contributed by atoms with Crippen LogP contribution in [-0.4, -0.2) is 25.7 Å². The van der Waals surface area contributed by atoms with Crippen LogP contribution in [0.2, 0.25) is 0 Å². The quantitative estimate of drug-likeness (QED) is 0.763. The van der Waals surface area contributed by atoms with Crippen molar-refractivity contribution < 1.29 is 13.9 Å². The van der Waals surface area contributed by atoms with Crippen molar-refractivity contribution in [2.24, 2.45) is 0 Å². The summed E-state index contributed by atoms with van der Waals surface area (Å²) in [5.41, 5.74) is 1.33. The second kappa shape index (κ2) is 5.25. The van der Waals surface area contributed by atoms with Gasteiger partial charge < -0.3 is 10.1 Å². The van der Waals surface area contributed by atoms with Gasteiger partial charge in [0.1, 0.15) is 11.9 Å². The third-order valence-electron chi connectivity index (χ3n) is 2.65. The molecule has 4 nitrogen and oxygen atoms in total. The molecule has 17 heavy (non-hydrogen) atoms. The minimum atomic E-state index is -0.411. The van der Waals surface area contributed by atoms with E-state index in [2.05, 4.69) is 10.6 Å². The highest BCUT2D eigenvalue weighted by molar-refractivity contribution is 6.02. The summed E-state index contributed by atoms with van der Waals surface area (Å²) in [5.74, 6) is -0.499. The van der Waals surface area contributed by atoms with E-state index in [1.54, 1.807) is 6.07 Å². The molecule has 5 heteroatoms. The molecule has 1 amide bonds. The maximum atomic E-state index is 13.0. The van der Waals surface area contributed by atoms with Crippen LogP contribution in [-0.2, 0) is 9.53 Å². The molecular weight excluding hydrogens is 223 g/mol. The number of fused-ring (bicyclic) bond motifs is 1. The summed E-state index contributed by atoms with van der Waals surface area (Å²) in [7, 11) is 0. The van der Waals surface area contributed by atoms with Gasteiger partial charge in [-0.2, -0.15) is 0 Å². The predicted molar refractivity (Wildman–Crippen MR) is 62.3 cm³/mol. The summed E-state index contributed by atoms with van der Waals surface area (Å²) >= 11 is 0. The maximum absolute atomic E-state index is 13.0. The molecule has 1 unspecified atom stereocenters. The van der Waals surface area contributed by atoms with Crippen molar-refractivity contribution in [2.45, 2.75) is 13.0 Å². The molecule has 2 N–H and O–H groups in total. The first kappa shape index (κ1) is 12.0. The monoisotopic (exact) mass is 238 g/mol. The lowest BCUT2D eigenvalue weighted by Gasteiger charge is -2.11. The van der Waals surface area contributed by atoms with Crippen LogP contribution in [0.5, 0.6) is 0 Å². The SMILES string of the molecule is CCOCCNC1C(=O)Nc2cc(F)ccc21. The second-order valence-corrected chi connectivity index (χ2v) is 3.80. The molecule has 1 aliphatic rings. The number of rotatable bonds is 5. The van der Waals surface area contributed by atoms with Crippen LogP contribution in [0, 0.1) is 5.82 Å². The number of anilines is 1. The van der Waals surface area contributed by atoms with Gasteiger partial charge in [0.2, 0.25) is 5.91 Å². The normalized spacial score (nSPS) is 18.0. The standard InChI is InChI=1S/C12H15FN2O2/c1-2-17-6-5-14-11-9-4-3-8(13)7-10(9)15-12(11)16/h3-4,7,11,14H,2,5-6H2,1H3,(H,15,16). The number of hydrogen-bond donors (Lipinski definition) is 2. The Bertz CT molecular complexity index is 423. The van der Waals surface area contributed by atoms with Gasteiger partial charge in [-0.1, -0.05) is 6.07 Å². The Balaban J connectivity index is 2.02. The molecule has 92 valence electrons. The summed E-state index contributed by atoms with van der Waals surface area (Å²) in [5, 5.41) is 5.73. The number of ether oxygens (including phenoxy) is 1. The molecule has 0 fully saturated rings. The minimum Gasteiger partial charge on any atom is -0.380 e. The fraction of sp³-hybridized carbons (Fsp3) is 0.417. The molecular formula is C12H15FN2O2. The maximum Gasteiger partial charge on any atom is 0.246 e. The van der Waals surface area contributed by atoms with Gasteiger partial charge in [-0.25, -0.2) is 4.39 Å². The zero-order chi connectivity index (χ0) is 12.3. The highest BCUT2D eigenvalue weighted by atomic mass is 19.1. The second-order valence-electron chi connectivity index (χ2n) is 3.80. The molecule has 1 heterocycles. The van der Waals surface area contributed by atoms with Crippen LogP contribution >= 0.6 is 0 Å². The summed E-state index contributed by atoms with van der Waals surface area (Å²) in [6.45, 7) is 3.71. The fourth-order valence-corrected chi connectivity index (χ4v) is 1.86. The van der Waals surface area contributed by atoms with E-state index in [1.165, 1.54) is 12.1 Å². The number of carbonyl (C=O) groups excluding carboxylic acids is 1. The van der Waals surface area contributed by atoms with Crippen LogP contribution in [0.4, 0.5) is 10.1 Å². The topological polar surface area (TPSA) is 50.4 Å². The Morgan fingerprint density at radius 1 is 1.53 bits per heavy atom. The Morgan fingerprint density at radius 3 is 3.12 bits per heavy atom. The van der Waals surface area contributed by atoms with E-state index in [9.17, 15) is 9.18 Å². The average molecular weight is 238 g/mol. The van der Waals surface area contributed by atoms with Crippen LogP contribution < -0.4 is 10.6 Å². The van der Waals surface area contributed by atoms with Gasteiger partial charge in [-0.3, -0.25) is 10.1 Å². The lowest BCUT2D eigenvalue weighted by atomic mass is 10.1. The van der Waals surface area contributed by atoms with E-state index < -0.39 is 6.04 Å². The van der Waals surface area contributed by atoms with Crippen molar-refractivity contribution in [1.82, 2.24) is 5.32 Å². The molecule has 0 aliphatic carbocycles. The number of halogens is 1. The van der Waals surface area contributed by atoms with Crippen molar-refractivity contribution in [2.75, 3.05) is 25.1 Å². The van der Waals surface area contributed by atoms with Gasteiger partial charge in [0.05, 0.1) is 6.61 Å². The zero-order valence-corrected chi connectivity index (χ0v) is 9.63. The number of benzene rings is 1. The van der Waals surface area contributed by atoms with Crippen molar-refractivity contribution in [3.05, 3.63) is 29.6 Å². The Morgan fingerprint density at radius 2 is 2.35 bits per heavy atom. The van der Waals surface area contributed by atoms with Crippen LogP contribution in [0.25, 0.3) is 0 Å². The summed E-state index contributed by atoms with van der Waals surface area (Å²) in [6.07, 6.45) is 0. The van der Waals surface area contributed by atoms with Gasteiger partial charge in [0.15, 0.2) is 0 Å². The first-order valence-corrected chi connectivity index (χ1v) is 5.64. The zero-order valence-electron chi connectivity index (χ0n) is 9.63. The van der Waals surface area contributed by atoms with Crippen LogP contribution in [0.15, 0.2) is 18.2 Å². The largest absolute Gasteiger partial charge is 0.380 e. The third kappa shape index (κ3) is 2.62. The summed E-state index contributed by atoms with van der Waals surface area (Å²) in [6, 6.07) is 3.90. The van der Waals surface area contributed by atoms with Gasteiger partial charge >= 0.3 is 0 Å². The van der Waals surface area contributed by atoms with E-state index in [0.29, 0.717) is 25.4 Å². The van der Waals surface area contributed by atoms with Crippen molar-refractivity contribution >= 4 is 11.6 Å². The van der Waals surface area contributed by atoms with E-state index in [4.69, 9.17) is 4.74 Å². The van der Waals surface area contributed by atoms with Crippen molar-refractivity contribution in [3.8, 4) is 0 Å². The van der Waals surface area contributed by atoms with Gasteiger partial charge in [0, 0.05) is 24.4 Å². The van der Waals surface area contributed by atoms with E-state index in [1.807, 2.05) is 6.92 Å². The molecule has 0 saturated carbocycles. The molecule has 0 bridgehead atoms. The molecule has 1 aliphatic heterocycles. The molecule has 0 radical (unpaired) electrons. The molecule has 0 spiro atoms. The average Bonchev–Trinajstić information content (AvgIpc) is 2.60. The lowest BCUT2D eigenvalue weighted by molar-refractivity contribution is -0.117. The van der Waals surface area contributed by atoms with Crippen molar-refractivity contribution in [3.63, 3.8) is 0 Å². The predicted octanol–water partition coefficient (Wildman–Crippen LogP) is 1.44. The Kier molecular flexibility index (Phi) is 3.71. The number of carbonyl (C=O) groups is 1. The summed E-state index contributed by atoms with van der Waals surface area (Å²) in [4.78, 5) is 11.7. The Labute approximate surface area is 99.2 Å². The third-order valence-corrected chi connectivity index (χ3v) is 2.65. The van der Waals surface area contributed by atoms with Gasteiger partial charge in [0.25, 0.3) is 0 Å². The lowest BCUT2D eigenvalue weighted by Crippen LogP contribution is -2.30. The highest BCUT2D eigenvalue weighted by Gasteiger charge is 2.29. The van der Waals surface area contributed by atoms with E-state index in [-0.39, 0.29) is 11.7 Å². The first-order valence-electron chi connectivity index (χ1n) is 5.64. The van der Waals surface area contributed by atoms with Gasteiger partial charge in [-0.05, 0) is 19.1 Å². The van der Waals surface area contributed by atoms with E-state index >= 15 is 0 Å². The van der Waals surface area contributed by atoms with Crippen molar-refractivity contribution in [1.29, 1.82) is 0 Å². The van der Waals surface area contributed by atoms with Crippen LogP contribution in [0.1, 0.15) is 18.5 Å². The smallest absolute Gasteiger partial charge is 0.246 e. The first-order chi connectivity index (χ1) is 8.22.